The van der Waals surface area contributed by atoms with Crippen LogP contribution in [0.5, 0.6) is 0 Å². The predicted molar refractivity (Wildman–Crippen MR) is 49.3 cm³/mol. The van der Waals surface area contributed by atoms with Gasteiger partial charge in [-0.15, -0.1) is 0 Å². The molecule has 1 heterocycles. The zero-order valence-corrected chi connectivity index (χ0v) is 8.10. The van der Waals surface area contributed by atoms with Crippen LogP contribution < -0.4 is 5.69 Å². The number of carbonyl (C=O) groups excluding carboxylic acids is 1. The second kappa shape index (κ2) is 3.70. The Bertz CT molecular complexity index is 398. The highest BCUT2D eigenvalue weighted by Crippen LogP contribution is 2.16. The number of carbonyl (C=O) groups is 1. The Morgan fingerprint density at radius 1 is 1.62 bits per heavy atom. The third-order valence-corrected chi connectivity index (χ3v) is 2.04. The summed E-state index contributed by atoms with van der Waals surface area (Å²) in [7, 11) is 0. The van der Waals surface area contributed by atoms with Crippen molar-refractivity contribution in [2.24, 2.45) is 0 Å². The number of H-pyrrole nitrogens is 1. The molecule has 13 heavy (non-hydrogen) atoms. The zero-order chi connectivity index (χ0) is 10.0. The summed E-state index contributed by atoms with van der Waals surface area (Å²) in [5.41, 5.74) is 0.0561. The van der Waals surface area contributed by atoms with Crippen molar-refractivity contribution in [2.45, 2.75) is 20.3 Å². The van der Waals surface area contributed by atoms with Gasteiger partial charge in [-0.2, -0.15) is 4.98 Å². The Morgan fingerprint density at radius 3 is 2.69 bits per heavy atom. The molecule has 1 rings (SSSR count). The third kappa shape index (κ3) is 1.95. The lowest BCUT2D eigenvalue weighted by molar-refractivity contribution is 0.101. The minimum atomic E-state index is -0.536. The molecular weight excluding hydrogens is 192 g/mol. The van der Waals surface area contributed by atoms with Crippen molar-refractivity contribution in [2.75, 3.05) is 0 Å². The number of aryl methyl sites for hydroxylation is 1. The second-order valence-electron chi connectivity index (χ2n) is 2.59. The van der Waals surface area contributed by atoms with E-state index in [1.54, 1.807) is 0 Å². The minimum absolute atomic E-state index is 0.0438. The highest BCUT2D eigenvalue weighted by molar-refractivity contribution is 6.34. The molecule has 0 radical (unpaired) electrons. The van der Waals surface area contributed by atoms with Gasteiger partial charge in [-0.1, -0.05) is 18.5 Å². The van der Waals surface area contributed by atoms with Gasteiger partial charge in [0.05, 0.1) is 5.02 Å². The van der Waals surface area contributed by atoms with Crippen LogP contribution in [-0.2, 0) is 6.42 Å². The van der Waals surface area contributed by atoms with E-state index in [0.717, 1.165) is 0 Å². The largest absolute Gasteiger partial charge is 0.345 e. The molecule has 0 aromatic carbocycles. The van der Waals surface area contributed by atoms with Crippen molar-refractivity contribution >= 4 is 17.4 Å². The Hall–Kier alpha value is -1.16. The average Bonchev–Trinajstić information content (AvgIpc) is 2.08. The number of hydrogen-bond donors (Lipinski definition) is 1. The van der Waals surface area contributed by atoms with Gasteiger partial charge in [0, 0.05) is 12.6 Å². The SMILES string of the molecule is CCc1[nH]c(=O)nc(C(C)=O)c1Cl. The molecule has 0 aliphatic carbocycles. The fourth-order valence-corrected chi connectivity index (χ4v) is 1.34. The first kappa shape index (κ1) is 9.92. The molecule has 1 aromatic heterocycles. The first-order valence-electron chi connectivity index (χ1n) is 3.86. The topological polar surface area (TPSA) is 62.8 Å². The molecule has 0 atom stereocenters. The maximum Gasteiger partial charge on any atom is 0.345 e. The van der Waals surface area contributed by atoms with Crippen LogP contribution in [0, 0.1) is 0 Å². The quantitative estimate of drug-likeness (QED) is 0.730. The van der Waals surface area contributed by atoms with Crippen LogP contribution in [0.4, 0.5) is 0 Å². The molecular formula is C8H9ClN2O2. The van der Waals surface area contributed by atoms with Gasteiger partial charge in [-0.3, -0.25) is 4.79 Å². The molecule has 0 bridgehead atoms. The molecule has 0 unspecified atom stereocenters. The number of nitrogens with zero attached hydrogens (tertiary/aromatic N) is 1. The molecule has 0 spiro atoms. The van der Waals surface area contributed by atoms with E-state index < -0.39 is 5.69 Å². The van der Waals surface area contributed by atoms with Gasteiger partial charge in [-0.05, 0) is 6.42 Å². The van der Waals surface area contributed by atoms with E-state index in [-0.39, 0.29) is 16.5 Å². The van der Waals surface area contributed by atoms with Crippen LogP contribution >= 0.6 is 11.6 Å². The van der Waals surface area contributed by atoms with Crippen molar-refractivity contribution in [3.8, 4) is 0 Å². The molecule has 0 amide bonds. The van der Waals surface area contributed by atoms with Crippen molar-refractivity contribution < 1.29 is 4.79 Å². The summed E-state index contributed by atoms with van der Waals surface area (Å²) in [5, 5.41) is 0.245. The first-order chi connectivity index (χ1) is 6.06. The highest BCUT2D eigenvalue weighted by atomic mass is 35.5. The van der Waals surface area contributed by atoms with Crippen molar-refractivity contribution in [1.82, 2.24) is 9.97 Å². The highest BCUT2D eigenvalue weighted by Gasteiger charge is 2.12. The minimum Gasteiger partial charge on any atom is -0.308 e. The molecule has 0 aliphatic heterocycles. The van der Waals surface area contributed by atoms with E-state index in [1.165, 1.54) is 6.92 Å². The van der Waals surface area contributed by atoms with Crippen LogP contribution in [0.2, 0.25) is 5.02 Å². The standard InChI is InChI=1S/C8H9ClN2O2/c1-3-5-6(9)7(4(2)12)11-8(13)10-5/h3H2,1-2H3,(H,10,11,13). The van der Waals surface area contributed by atoms with E-state index in [9.17, 15) is 9.59 Å². The van der Waals surface area contributed by atoms with Crippen LogP contribution in [0.15, 0.2) is 4.79 Å². The van der Waals surface area contributed by atoms with Crippen LogP contribution in [0.1, 0.15) is 30.0 Å². The molecule has 0 fully saturated rings. The van der Waals surface area contributed by atoms with Crippen LogP contribution in [0.25, 0.3) is 0 Å². The van der Waals surface area contributed by atoms with Gasteiger partial charge in [0.15, 0.2) is 5.78 Å². The van der Waals surface area contributed by atoms with Crippen molar-refractivity contribution in [3.63, 3.8) is 0 Å². The Balaban J connectivity index is 3.44. The summed E-state index contributed by atoms with van der Waals surface area (Å²) in [5.74, 6) is -0.300. The van der Waals surface area contributed by atoms with E-state index in [2.05, 4.69) is 9.97 Å². The lowest BCUT2D eigenvalue weighted by Crippen LogP contribution is -2.18. The predicted octanol–water partition coefficient (Wildman–Crippen LogP) is 1.19. The third-order valence-electron chi connectivity index (χ3n) is 1.63. The Labute approximate surface area is 80.0 Å². The number of hydrogen-bond acceptors (Lipinski definition) is 3. The summed E-state index contributed by atoms with van der Waals surface area (Å²) in [6.45, 7) is 3.16. The van der Waals surface area contributed by atoms with E-state index in [0.29, 0.717) is 12.1 Å². The Kier molecular flexibility index (Phi) is 2.83. The number of rotatable bonds is 2. The molecule has 70 valence electrons. The van der Waals surface area contributed by atoms with E-state index in [1.807, 2.05) is 6.92 Å². The average molecular weight is 201 g/mol. The summed E-state index contributed by atoms with van der Waals surface area (Å²) < 4.78 is 0. The lowest BCUT2D eigenvalue weighted by atomic mass is 10.2. The summed E-state index contributed by atoms with van der Waals surface area (Å²) in [6.07, 6.45) is 0.566. The molecule has 4 nitrogen and oxygen atoms in total. The van der Waals surface area contributed by atoms with E-state index >= 15 is 0 Å². The number of aromatic amines is 1. The number of nitrogens with one attached hydrogen (secondary N) is 1. The van der Waals surface area contributed by atoms with Gasteiger partial charge in [-0.25, -0.2) is 4.79 Å². The maximum absolute atomic E-state index is 11.0. The lowest BCUT2D eigenvalue weighted by Gasteiger charge is -2.02. The molecule has 1 aromatic rings. The van der Waals surface area contributed by atoms with Gasteiger partial charge in [0.2, 0.25) is 0 Å². The molecule has 5 heteroatoms. The summed E-state index contributed by atoms with van der Waals surface area (Å²) >= 11 is 5.82. The van der Waals surface area contributed by atoms with Crippen LogP contribution in [0.3, 0.4) is 0 Å². The normalized spacial score (nSPS) is 10.1. The first-order valence-corrected chi connectivity index (χ1v) is 4.23. The monoisotopic (exact) mass is 200 g/mol. The maximum atomic E-state index is 11.0. The van der Waals surface area contributed by atoms with Gasteiger partial charge < -0.3 is 4.98 Å². The van der Waals surface area contributed by atoms with Gasteiger partial charge in [0.25, 0.3) is 0 Å². The molecule has 0 saturated carbocycles. The summed E-state index contributed by atoms with van der Waals surface area (Å²) in [4.78, 5) is 27.9. The number of Topliss-reactive ketones (excluding diaryl/α,β-unsaturated/α-hetero) is 1. The van der Waals surface area contributed by atoms with Gasteiger partial charge >= 0.3 is 5.69 Å². The number of halogens is 1. The molecule has 0 aliphatic rings. The number of aromatic nitrogens is 2. The van der Waals surface area contributed by atoms with Gasteiger partial charge in [0.1, 0.15) is 5.69 Å². The fourth-order valence-electron chi connectivity index (χ4n) is 0.982. The van der Waals surface area contributed by atoms with E-state index in [4.69, 9.17) is 11.6 Å². The second-order valence-corrected chi connectivity index (χ2v) is 2.97. The Morgan fingerprint density at radius 2 is 2.23 bits per heavy atom. The molecule has 0 saturated heterocycles. The van der Waals surface area contributed by atoms with Crippen LogP contribution in [-0.4, -0.2) is 15.8 Å². The fraction of sp³-hybridized carbons (Fsp3) is 0.375. The zero-order valence-electron chi connectivity index (χ0n) is 7.35. The summed E-state index contributed by atoms with van der Waals surface area (Å²) in [6, 6.07) is 0. The molecule has 1 N–H and O–H groups in total. The smallest absolute Gasteiger partial charge is 0.308 e. The van der Waals surface area contributed by atoms with Crippen molar-refractivity contribution in [1.29, 1.82) is 0 Å². The number of ketones is 1. The van der Waals surface area contributed by atoms with Crippen molar-refractivity contribution in [3.05, 3.63) is 26.9 Å².